The summed E-state index contributed by atoms with van der Waals surface area (Å²) in [6, 6.07) is 161. The van der Waals surface area contributed by atoms with Gasteiger partial charge in [-0.3, -0.25) is 17.4 Å². The van der Waals surface area contributed by atoms with Crippen LogP contribution in [-0.4, -0.2) is 17.4 Å². The van der Waals surface area contributed by atoms with Gasteiger partial charge in [-0.2, -0.15) is 0 Å². The second-order valence-electron chi connectivity index (χ2n) is 37.2. The van der Waals surface area contributed by atoms with E-state index in [0.717, 1.165) is 55.8 Å². The van der Waals surface area contributed by atoms with Gasteiger partial charge in [0.1, 0.15) is 28.7 Å². The Morgan fingerprint density at radius 2 is 0.441 bits per heavy atom. The molecule has 0 fully saturated rings. The highest BCUT2D eigenvalue weighted by atomic mass is 31.2. The Balaban J connectivity index is 0.000000127. The van der Waals surface area contributed by atoms with Gasteiger partial charge in [0.15, 0.2) is 23.0 Å². The maximum absolute atomic E-state index is 7.52. The zero-order valence-corrected chi connectivity index (χ0v) is 87.9. The third kappa shape index (κ3) is 20.3. The van der Waals surface area contributed by atoms with Crippen molar-refractivity contribution in [3.05, 3.63) is 541 Å². The average Bonchev–Trinajstić information content (AvgIpc) is 1.58. The Morgan fingerprint density at radius 1 is 0.214 bits per heavy atom. The molecule has 0 spiro atoms. The first-order valence-electron chi connectivity index (χ1n) is 48.9. The Labute approximate surface area is 857 Å². The van der Waals surface area contributed by atoms with Crippen LogP contribution in [0.3, 0.4) is 0 Å². The van der Waals surface area contributed by atoms with Crippen molar-refractivity contribution >= 4 is 141 Å². The number of hydrogen-bond acceptors (Lipinski definition) is 7. The highest BCUT2D eigenvalue weighted by Gasteiger charge is 2.43. The first-order valence-corrected chi connectivity index (χ1v) is 56.3. The third-order valence-electron chi connectivity index (χ3n) is 26.5. The minimum Gasteiger partial charge on any atom is -0.455 e. The summed E-state index contributed by atoms with van der Waals surface area (Å²) in [5, 5.41) is 16.8. The lowest BCUT2D eigenvalue weighted by atomic mass is 9.74. The lowest BCUT2D eigenvalue weighted by Gasteiger charge is -2.38. The second kappa shape index (κ2) is 43.1. The summed E-state index contributed by atoms with van der Waals surface area (Å²) < 4.78 is 56.4. The molecule has 0 saturated carbocycles. The van der Waals surface area contributed by atoms with E-state index in [9.17, 15) is 0 Å². The molecule has 2 aliphatic rings. The summed E-state index contributed by atoms with van der Waals surface area (Å²) >= 11 is 0. The molecular formula is C128H110N4O7P6. The molecule has 11 nitrogen and oxygen atoms in total. The number of benzene rings is 18. The summed E-state index contributed by atoms with van der Waals surface area (Å²) in [5.41, 5.74) is 15.5. The molecule has 0 amide bonds. The smallest absolute Gasteiger partial charge is 0.455 e. The molecular weight excluding hydrogens is 1890 g/mol. The Hall–Kier alpha value is -14.7. The quantitative estimate of drug-likeness (QED) is 0.0590. The molecule has 22 aromatic rings. The molecule has 24 rings (SSSR count). The molecule has 2 aliphatic heterocycles. The fourth-order valence-corrected chi connectivity index (χ4v) is 31.4. The van der Waals surface area contributed by atoms with Gasteiger partial charge in [-0.1, -0.05) is 416 Å². The molecule has 17 heteroatoms. The van der Waals surface area contributed by atoms with Crippen molar-refractivity contribution in [1.29, 1.82) is 0 Å². The van der Waals surface area contributed by atoms with Gasteiger partial charge in [-0.15, -0.1) is 0 Å². The molecule has 0 unspecified atom stereocenters. The van der Waals surface area contributed by atoms with E-state index in [0.29, 0.717) is 40.2 Å². The van der Waals surface area contributed by atoms with Crippen molar-refractivity contribution in [2.24, 2.45) is 0 Å². The lowest BCUT2D eigenvalue weighted by Crippen LogP contribution is -2.32. The van der Waals surface area contributed by atoms with Crippen LogP contribution in [0.25, 0.3) is 43.6 Å². The highest BCUT2D eigenvalue weighted by Crippen LogP contribution is 2.61. The summed E-state index contributed by atoms with van der Waals surface area (Å²) in [7, 11) is -6.70. The van der Waals surface area contributed by atoms with Crippen LogP contribution >= 0.6 is 49.3 Å². The number of fused-ring (bicyclic) bond motifs is 8. The Kier molecular flexibility index (Phi) is 28.6. The number of aryl methyl sites for hydroxylation is 6. The average molecular weight is 2000 g/mol. The maximum Gasteiger partial charge on any atom is 0.530 e. The predicted molar refractivity (Wildman–Crippen MR) is 614 cm³/mol. The second-order valence-corrected chi connectivity index (χ2v) is 47.9. The summed E-state index contributed by atoms with van der Waals surface area (Å²) in [6.45, 7) is 22.3. The van der Waals surface area contributed by atoms with Crippen LogP contribution in [0.5, 0.6) is 51.7 Å². The lowest BCUT2D eigenvalue weighted by molar-refractivity contribution is 0.384. The van der Waals surface area contributed by atoms with E-state index in [2.05, 4.69) is 481 Å². The zero-order chi connectivity index (χ0) is 99.1. The van der Waals surface area contributed by atoms with Crippen LogP contribution in [-0.2, 0) is 10.8 Å². The van der Waals surface area contributed by atoms with E-state index < -0.39 is 54.7 Å². The van der Waals surface area contributed by atoms with Crippen molar-refractivity contribution in [1.82, 2.24) is 17.4 Å². The normalized spacial score (nSPS) is 12.5. The van der Waals surface area contributed by atoms with Gasteiger partial charge >= 0.3 is 25.5 Å². The number of aromatic nitrogens is 4. The summed E-state index contributed by atoms with van der Waals surface area (Å²) in [5.74, 6) is 6.97. The molecule has 4 aromatic heterocycles. The number of hydrogen-bond donors (Lipinski definition) is 0. The molecule has 18 aromatic carbocycles. The Morgan fingerprint density at radius 3 is 0.710 bits per heavy atom. The SMILES string of the molecule is CC1(C)c2cccc(P(c3ccccc3)c3ccccc3)c2Oc2c(P(c3ccccc3)c3ccccc3)cccc21.Cc1cc(OP(n2cc(C)c3ccccc32)n2cc(C)c3ccccc32)c2c(c1)C(C)(C)c1cc(C)cc(OP(n3cc(C)c4ccccc43)n3cc(C)c4ccccc43)c1O2.c1ccc(OP(Oc2ccccc2)Oc2ccccc2)cc1.c1ccc(P(c2ccccc2)c2ccccc2)cc1. The van der Waals surface area contributed by atoms with Crippen molar-refractivity contribution in [2.75, 3.05) is 0 Å². The van der Waals surface area contributed by atoms with Gasteiger partial charge in [0, 0.05) is 90.0 Å². The van der Waals surface area contributed by atoms with Crippen molar-refractivity contribution in [2.45, 2.75) is 80.1 Å². The van der Waals surface area contributed by atoms with Crippen LogP contribution in [0.1, 0.15) is 83.3 Å². The minimum absolute atomic E-state index is 0.225. The van der Waals surface area contributed by atoms with E-state index in [1.165, 1.54) is 103 Å². The van der Waals surface area contributed by atoms with E-state index >= 15 is 0 Å². The zero-order valence-electron chi connectivity index (χ0n) is 82.5. The van der Waals surface area contributed by atoms with Crippen LogP contribution in [0.2, 0.25) is 0 Å². The van der Waals surface area contributed by atoms with Gasteiger partial charge < -0.3 is 32.1 Å². The minimum atomic E-state index is -1.59. The van der Waals surface area contributed by atoms with Gasteiger partial charge in [0.2, 0.25) is 0 Å². The molecule has 145 heavy (non-hydrogen) atoms. The van der Waals surface area contributed by atoms with E-state index in [-0.39, 0.29) is 5.41 Å². The van der Waals surface area contributed by atoms with Gasteiger partial charge in [0.25, 0.3) is 0 Å². The van der Waals surface area contributed by atoms with Gasteiger partial charge in [-0.05, 0) is 209 Å². The van der Waals surface area contributed by atoms with E-state index in [1.807, 2.05) is 91.0 Å². The molecule has 0 bridgehead atoms. The number of nitrogens with zero attached hydrogens (tertiary/aromatic N) is 4. The van der Waals surface area contributed by atoms with E-state index in [1.54, 1.807) is 0 Å². The monoisotopic (exact) mass is 2000 g/mol. The number of rotatable bonds is 23. The van der Waals surface area contributed by atoms with E-state index in [4.69, 9.17) is 32.1 Å². The van der Waals surface area contributed by atoms with Crippen molar-refractivity contribution in [3.63, 3.8) is 0 Å². The van der Waals surface area contributed by atoms with Crippen LogP contribution in [0.4, 0.5) is 0 Å². The molecule has 714 valence electrons. The number of para-hydroxylation sites is 9. The molecule has 0 aliphatic carbocycles. The Bertz CT molecular complexity index is 7480. The first kappa shape index (κ1) is 96.4. The number of ether oxygens (including phenoxy) is 2. The van der Waals surface area contributed by atoms with Crippen molar-refractivity contribution < 1.29 is 32.1 Å². The van der Waals surface area contributed by atoms with Crippen LogP contribution in [0.15, 0.2) is 486 Å². The largest absolute Gasteiger partial charge is 0.530 e. The molecule has 0 radical (unpaired) electrons. The fourth-order valence-electron chi connectivity index (χ4n) is 19.4. The first-order chi connectivity index (χ1) is 70.9. The molecule has 0 atom stereocenters. The molecule has 0 saturated heterocycles. The topological polar surface area (TPSA) is 84.3 Å². The van der Waals surface area contributed by atoms with Gasteiger partial charge in [-0.25, -0.2) is 0 Å². The molecule has 0 N–H and O–H groups in total. The summed E-state index contributed by atoms with van der Waals surface area (Å²) in [4.78, 5) is 0. The standard InChI is InChI=1S/C53H48N4O3P2.C39H32OP2.C18H15O3P.C18H15P/c1-33-25-43-51(49(27-33)59-61(54-29-35(3)39-17-9-13-21-45(39)54)55-30-36(4)40-18-10-14-22-46(40)55)58-52-44(53(43,7)8)26-34(2)28-50(52)60-62(56-31-37(5)41-19-11-15-23-47(41)56)57-32-38(6)42-20-12-16-24-48(42)57;1-39(2)33-25-15-27-35(41(29-17-7-3-8-18-29)30-19-9-4-10-20-30)37(33)40-38-34(39)26-16-28-36(38)42(31-21-11-5-12-22-31)32-23-13-6-14-24-32;1-4-10-16(11-5-1)19-22(20-17-12-6-2-7-13-17)21-18-14-8-3-9-15-18;1-4-10-16(11-5-1)19(17-12-6-2-7-13-17)18-14-8-3-9-15-18/h9-32H,1-8H3;3-28H,1-2H3;1-15H;1-15H. The maximum atomic E-state index is 7.52. The predicted octanol–water partition coefficient (Wildman–Crippen LogP) is 31.7. The third-order valence-corrected chi connectivity index (χ3v) is 38.5. The van der Waals surface area contributed by atoms with Crippen LogP contribution in [0, 0.1) is 41.5 Å². The highest BCUT2D eigenvalue weighted by molar-refractivity contribution is 7.80. The van der Waals surface area contributed by atoms with Crippen molar-refractivity contribution in [3.8, 4) is 51.7 Å². The molecule has 6 heterocycles. The van der Waals surface area contributed by atoms with Gasteiger partial charge in [0.05, 0.1) is 22.1 Å². The summed E-state index contributed by atoms with van der Waals surface area (Å²) in [6.07, 6.45) is 8.94. The fraction of sp³-hybridized carbons (Fsp3) is 0.0938. The van der Waals surface area contributed by atoms with Crippen LogP contribution < -0.4 is 79.8 Å².